The number of esters is 2. The Kier molecular flexibility index (Phi) is 10.1. The van der Waals surface area contributed by atoms with Crippen molar-refractivity contribution in [1.29, 1.82) is 0 Å². The minimum absolute atomic E-state index is 0.0417. The zero-order chi connectivity index (χ0) is 27.6. The second kappa shape index (κ2) is 13.0. The van der Waals surface area contributed by atoms with Crippen LogP contribution in [0.2, 0.25) is 0 Å². The molecule has 0 unspecified atom stereocenters. The molecule has 37 heavy (non-hydrogen) atoms. The molecule has 2 amide bonds. The molecule has 0 spiro atoms. The molecule has 0 heterocycles. The number of alkyl carbamates (subject to hydrolysis) is 1. The molecule has 0 aliphatic rings. The molecule has 0 aliphatic heterocycles. The lowest BCUT2D eigenvalue weighted by molar-refractivity contribution is -0.384. The van der Waals surface area contributed by atoms with Gasteiger partial charge in [-0.2, -0.15) is 0 Å². The Morgan fingerprint density at radius 3 is 2.32 bits per heavy atom. The third kappa shape index (κ3) is 9.96. The summed E-state index contributed by atoms with van der Waals surface area (Å²) in [5.74, 6) is -2.24. The summed E-state index contributed by atoms with van der Waals surface area (Å²) >= 11 is 0. The van der Waals surface area contributed by atoms with Crippen LogP contribution in [0, 0.1) is 10.1 Å². The molecule has 0 fully saturated rings. The number of carbonyl (C=O) groups excluding carboxylic acids is 4. The molecule has 0 aromatic heterocycles. The molecular formula is C25H29N3O9. The van der Waals surface area contributed by atoms with E-state index in [2.05, 4.69) is 15.4 Å². The molecule has 1 atom stereocenters. The molecule has 0 saturated heterocycles. The molecule has 2 aromatic carbocycles. The number of nitro groups is 1. The van der Waals surface area contributed by atoms with Gasteiger partial charge in [0.05, 0.1) is 17.6 Å². The molecule has 2 rings (SSSR count). The standard InChI is InChI=1S/C25H29N3O9/c1-25(2,3)37-24(32)27-20(10-11-21(29)36-15-16-8-6-5-7-9-16)22(30)26-18-12-17(23(31)35-4)13-19(14-18)28(33)34/h5-9,12-14,20H,10-11,15H2,1-4H3,(H,26,30)(H,27,32)/t20-/m1/s1. The van der Waals surface area contributed by atoms with E-state index in [1.807, 2.05) is 6.07 Å². The van der Waals surface area contributed by atoms with Crippen LogP contribution in [0.4, 0.5) is 16.2 Å². The van der Waals surface area contributed by atoms with Crippen molar-refractivity contribution in [2.75, 3.05) is 12.4 Å². The van der Waals surface area contributed by atoms with Crippen molar-refractivity contribution in [1.82, 2.24) is 5.32 Å². The maximum atomic E-state index is 13.0. The number of anilines is 1. The zero-order valence-electron chi connectivity index (χ0n) is 20.9. The maximum Gasteiger partial charge on any atom is 0.408 e. The van der Waals surface area contributed by atoms with Crippen molar-refractivity contribution in [2.24, 2.45) is 0 Å². The fourth-order valence-electron chi connectivity index (χ4n) is 3.04. The van der Waals surface area contributed by atoms with Crippen molar-refractivity contribution < 1.29 is 38.3 Å². The summed E-state index contributed by atoms with van der Waals surface area (Å²) in [5.41, 5.74) is -0.770. The summed E-state index contributed by atoms with van der Waals surface area (Å²) in [5, 5.41) is 16.1. The summed E-state index contributed by atoms with van der Waals surface area (Å²) in [4.78, 5) is 60.0. The smallest absolute Gasteiger partial charge is 0.408 e. The predicted molar refractivity (Wildman–Crippen MR) is 132 cm³/mol. The third-order valence-electron chi connectivity index (χ3n) is 4.70. The maximum absolute atomic E-state index is 13.0. The second-order valence-electron chi connectivity index (χ2n) is 8.89. The number of ether oxygens (including phenoxy) is 3. The number of rotatable bonds is 10. The fourth-order valence-corrected chi connectivity index (χ4v) is 3.04. The number of methoxy groups -OCH3 is 1. The molecule has 2 N–H and O–H groups in total. The van der Waals surface area contributed by atoms with E-state index in [1.165, 1.54) is 6.07 Å². The first-order chi connectivity index (χ1) is 17.4. The largest absolute Gasteiger partial charge is 0.465 e. The van der Waals surface area contributed by atoms with E-state index < -0.39 is 46.2 Å². The van der Waals surface area contributed by atoms with Crippen molar-refractivity contribution in [3.05, 3.63) is 69.8 Å². The Balaban J connectivity index is 2.16. The topological polar surface area (TPSA) is 163 Å². The van der Waals surface area contributed by atoms with E-state index in [1.54, 1.807) is 45.0 Å². The number of nitrogens with one attached hydrogen (secondary N) is 2. The van der Waals surface area contributed by atoms with Crippen molar-refractivity contribution in [3.63, 3.8) is 0 Å². The first-order valence-corrected chi connectivity index (χ1v) is 11.3. The minimum atomic E-state index is -1.26. The summed E-state index contributed by atoms with van der Waals surface area (Å²) < 4.78 is 15.0. The zero-order valence-corrected chi connectivity index (χ0v) is 20.9. The lowest BCUT2D eigenvalue weighted by Crippen LogP contribution is -2.46. The van der Waals surface area contributed by atoms with Crippen LogP contribution in [-0.4, -0.2) is 47.6 Å². The van der Waals surface area contributed by atoms with Crippen LogP contribution < -0.4 is 10.6 Å². The molecule has 0 aliphatic carbocycles. The molecule has 0 radical (unpaired) electrons. The molecule has 198 valence electrons. The number of nitro benzene ring substituents is 1. The predicted octanol–water partition coefficient (Wildman–Crippen LogP) is 3.74. The van der Waals surface area contributed by atoms with Crippen molar-refractivity contribution >= 4 is 35.3 Å². The number of carbonyl (C=O) groups is 4. The van der Waals surface area contributed by atoms with Gasteiger partial charge in [-0.1, -0.05) is 30.3 Å². The highest BCUT2D eigenvalue weighted by atomic mass is 16.6. The van der Waals surface area contributed by atoms with Crippen LogP contribution in [0.3, 0.4) is 0 Å². The minimum Gasteiger partial charge on any atom is -0.465 e. The Hall–Kier alpha value is -4.48. The van der Waals surface area contributed by atoms with Crippen molar-refractivity contribution in [2.45, 2.75) is 51.9 Å². The molecule has 2 aromatic rings. The fraction of sp³-hybridized carbons (Fsp3) is 0.360. The van der Waals surface area contributed by atoms with E-state index in [0.717, 1.165) is 24.8 Å². The summed E-state index contributed by atoms with van der Waals surface area (Å²) in [6.45, 7) is 4.96. The van der Waals surface area contributed by atoms with Crippen molar-refractivity contribution in [3.8, 4) is 0 Å². The van der Waals surface area contributed by atoms with E-state index in [0.29, 0.717) is 0 Å². The SMILES string of the molecule is COC(=O)c1cc(NC(=O)[C@@H](CCC(=O)OCc2ccccc2)NC(=O)OC(C)(C)C)cc([N+](=O)[O-])c1. The number of nitrogens with zero attached hydrogens (tertiary/aromatic N) is 1. The average Bonchev–Trinajstić information content (AvgIpc) is 2.83. The van der Waals surface area contributed by atoms with Gasteiger partial charge in [0.25, 0.3) is 5.69 Å². The van der Waals surface area contributed by atoms with Gasteiger partial charge < -0.3 is 24.8 Å². The van der Waals surface area contributed by atoms with E-state index >= 15 is 0 Å². The monoisotopic (exact) mass is 515 g/mol. The number of benzene rings is 2. The van der Waals surface area contributed by atoms with Crippen LogP contribution in [-0.2, 0) is 30.4 Å². The third-order valence-corrected chi connectivity index (χ3v) is 4.70. The molecule has 12 heteroatoms. The Bertz CT molecular complexity index is 1140. The molecular weight excluding hydrogens is 486 g/mol. The first-order valence-electron chi connectivity index (χ1n) is 11.3. The highest BCUT2D eigenvalue weighted by Gasteiger charge is 2.26. The normalized spacial score (nSPS) is 11.6. The van der Waals surface area contributed by atoms with Crippen LogP contribution in [0.25, 0.3) is 0 Å². The number of amides is 2. The van der Waals surface area contributed by atoms with Crippen LogP contribution in [0.5, 0.6) is 0 Å². The highest BCUT2D eigenvalue weighted by molar-refractivity contribution is 5.99. The van der Waals surface area contributed by atoms with Gasteiger partial charge in [0.2, 0.25) is 5.91 Å². The van der Waals surface area contributed by atoms with Gasteiger partial charge in [-0.3, -0.25) is 19.7 Å². The Labute approximate surface area is 213 Å². The lowest BCUT2D eigenvalue weighted by atomic mass is 10.1. The number of hydrogen-bond donors (Lipinski definition) is 2. The lowest BCUT2D eigenvalue weighted by Gasteiger charge is -2.23. The van der Waals surface area contributed by atoms with Gasteiger partial charge in [-0.25, -0.2) is 9.59 Å². The van der Waals surface area contributed by atoms with Gasteiger partial charge in [-0.15, -0.1) is 0 Å². The Morgan fingerprint density at radius 1 is 1.05 bits per heavy atom. The van der Waals surface area contributed by atoms with Gasteiger partial charge in [0.1, 0.15) is 18.2 Å². The van der Waals surface area contributed by atoms with Crippen LogP contribution >= 0.6 is 0 Å². The summed E-state index contributed by atoms with van der Waals surface area (Å²) in [6, 6.07) is 11.0. The molecule has 0 saturated carbocycles. The van der Waals surface area contributed by atoms with E-state index in [4.69, 9.17) is 9.47 Å². The second-order valence-corrected chi connectivity index (χ2v) is 8.89. The van der Waals surface area contributed by atoms with Gasteiger partial charge in [-0.05, 0) is 38.8 Å². The summed E-state index contributed by atoms with van der Waals surface area (Å²) in [6.07, 6.45) is -1.28. The van der Waals surface area contributed by atoms with Gasteiger partial charge in [0.15, 0.2) is 0 Å². The highest BCUT2D eigenvalue weighted by Crippen LogP contribution is 2.22. The Morgan fingerprint density at radius 2 is 1.73 bits per heavy atom. The quantitative estimate of drug-likeness (QED) is 0.208. The molecule has 12 nitrogen and oxygen atoms in total. The molecule has 0 bridgehead atoms. The number of hydrogen-bond acceptors (Lipinski definition) is 9. The van der Waals surface area contributed by atoms with E-state index in [9.17, 15) is 29.3 Å². The number of non-ortho nitro benzene ring substituents is 1. The summed E-state index contributed by atoms with van der Waals surface area (Å²) in [7, 11) is 1.11. The van der Waals surface area contributed by atoms with Gasteiger partial charge in [0, 0.05) is 24.2 Å². The van der Waals surface area contributed by atoms with E-state index in [-0.39, 0.29) is 30.7 Å². The van der Waals surface area contributed by atoms with Crippen LogP contribution in [0.1, 0.15) is 49.5 Å². The first kappa shape index (κ1) is 28.8. The van der Waals surface area contributed by atoms with Crippen LogP contribution in [0.15, 0.2) is 48.5 Å². The average molecular weight is 516 g/mol. The van der Waals surface area contributed by atoms with Gasteiger partial charge >= 0.3 is 18.0 Å².